The van der Waals surface area contributed by atoms with Crippen molar-refractivity contribution in [3.63, 3.8) is 0 Å². The number of fused-ring (bicyclic) bond motifs is 1. The van der Waals surface area contributed by atoms with Gasteiger partial charge in [0.2, 0.25) is 0 Å². The molecular weight excluding hydrogens is 218 g/mol. The van der Waals surface area contributed by atoms with Crippen LogP contribution >= 0.6 is 23.5 Å². The largest absolute Gasteiger partial charge is 0.364 e. The highest BCUT2D eigenvalue weighted by Gasteiger charge is 2.32. The molecule has 2 rings (SSSR count). The Morgan fingerprint density at radius 2 is 2.50 bits per heavy atom. The molecule has 0 fully saturated rings. The minimum atomic E-state index is -0.0275. The predicted octanol–water partition coefficient (Wildman–Crippen LogP) is 1.33. The van der Waals surface area contributed by atoms with E-state index in [0.29, 0.717) is 10.5 Å². The maximum atomic E-state index is 11.5. The minimum absolute atomic E-state index is 0.0275. The fourth-order valence-corrected chi connectivity index (χ4v) is 3.84. The van der Waals surface area contributed by atoms with Gasteiger partial charge < -0.3 is 10.1 Å². The van der Waals surface area contributed by atoms with E-state index in [1.807, 2.05) is 6.08 Å². The fourth-order valence-electron chi connectivity index (χ4n) is 1.33. The van der Waals surface area contributed by atoms with Crippen LogP contribution in [0, 0.1) is 0 Å². The minimum Gasteiger partial charge on any atom is -0.364 e. The Balaban J connectivity index is 1.91. The molecule has 3 nitrogen and oxygen atoms in total. The van der Waals surface area contributed by atoms with Crippen LogP contribution in [-0.4, -0.2) is 30.2 Å². The molecule has 2 unspecified atom stereocenters. The molecule has 2 atom stereocenters. The highest BCUT2D eigenvalue weighted by atomic mass is 32.2. The first-order valence-corrected chi connectivity index (χ1v) is 6.11. The molecular formula is C9H11NO2S2. The van der Waals surface area contributed by atoms with Crippen LogP contribution in [0.2, 0.25) is 0 Å². The molecule has 0 aromatic carbocycles. The van der Waals surface area contributed by atoms with Crippen molar-refractivity contribution in [2.45, 2.75) is 10.5 Å². The van der Waals surface area contributed by atoms with Crippen LogP contribution in [0.15, 0.2) is 22.5 Å². The van der Waals surface area contributed by atoms with Crippen molar-refractivity contribution in [1.82, 2.24) is 5.32 Å². The lowest BCUT2D eigenvalue weighted by Gasteiger charge is -2.05. The molecule has 0 bridgehead atoms. The second kappa shape index (κ2) is 4.42. The number of rotatable bonds is 3. The van der Waals surface area contributed by atoms with E-state index >= 15 is 0 Å². The summed E-state index contributed by atoms with van der Waals surface area (Å²) in [5.41, 5.74) is 0. The van der Waals surface area contributed by atoms with Gasteiger partial charge in [-0.2, -0.15) is 0 Å². The number of carbonyl (C=O) groups excluding carboxylic acids is 1. The number of hydrogen-bond donors (Lipinski definition) is 1. The Hall–Kier alpha value is -0.390. The quantitative estimate of drug-likeness (QED) is 0.741. The van der Waals surface area contributed by atoms with Gasteiger partial charge in [-0.05, 0) is 5.41 Å². The van der Waals surface area contributed by atoms with Crippen molar-refractivity contribution in [3.05, 3.63) is 22.5 Å². The molecule has 0 aromatic heterocycles. The maximum Gasteiger partial charge on any atom is 0.259 e. The number of amides is 1. The lowest BCUT2D eigenvalue weighted by Crippen LogP contribution is -2.25. The summed E-state index contributed by atoms with van der Waals surface area (Å²) in [7, 11) is 1.56. The Bertz CT molecular complexity index is 301. The molecule has 0 radical (unpaired) electrons. The van der Waals surface area contributed by atoms with E-state index < -0.39 is 0 Å². The van der Waals surface area contributed by atoms with Gasteiger partial charge in [-0.25, -0.2) is 0 Å². The number of thioether (sulfide) groups is 2. The van der Waals surface area contributed by atoms with Crippen LogP contribution in [0.3, 0.4) is 0 Å². The molecule has 0 spiro atoms. The molecule has 1 N–H and O–H groups in total. The highest BCUT2D eigenvalue weighted by Crippen LogP contribution is 2.43. The first-order chi connectivity index (χ1) is 6.81. The van der Waals surface area contributed by atoms with Gasteiger partial charge in [0.05, 0.1) is 4.91 Å². The average Bonchev–Trinajstić information content (AvgIpc) is 2.72. The standard InChI is InChI=1S/C9H11NO2S2/c1-12-5-10-9(11)8-4-7-6(14-8)2-3-13-7/h2-4,6-7H,5H2,1H3,(H,10,11). The topological polar surface area (TPSA) is 38.3 Å². The third-order valence-corrected chi connectivity index (χ3v) is 4.54. The van der Waals surface area contributed by atoms with Gasteiger partial charge in [0, 0.05) is 17.6 Å². The maximum absolute atomic E-state index is 11.5. The summed E-state index contributed by atoms with van der Waals surface area (Å²) in [6.45, 7) is 0.273. The number of carbonyl (C=O) groups is 1. The molecule has 2 aliphatic heterocycles. The second-order valence-corrected chi connectivity index (χ2v) is 5.29. The van der Waals surface area contributed by atoms with Crippen molar-refractivity contribution < 1.29 is 9.53 Å². The van der Waals surface area contributed by atoms with Crippen LogP contribution in [0.25, 0.3) is 0 Å². The van der Waals surface area contributed by atoms with Crippen LogP contribution in [0.4, 0.5) is 0 Å². The van der Waals surface area contributed by atoms with Gasteiger partial charge in [-0.15, -0.1) is 23.5 Å². The summed E-state index contributed by atoms with van der Waals surface area (Å²) in [5.74, 6) is -0.0275. The molecule has 2 aliphatic rings. The van der Waals surface area contributed by atoms with E-state index in [-0.39, 0.29) is 12.6 Å². The summed E-state index contributed by atoms with van der Waals surface area (Å²) >= 11 is 3.39. The van der Waals surface area contributed by atoms with E-state index in [1.54, 1.807) is 30.6 Å². The Morgan fingerprint density at radius 3 is 3.21 bits per heavy atom. The van der Waals surface area contributed by atoms with Crippen LogP contribution in [0.1, 0.15) is 0 Å². The lowest BCUT2D eigenvalue weighted by molar-refractivity contribution is -0.118. The van der Waals surface area contributed by atoms with Gasteiger partial charge >= 0.3 is 0 Å². The zero-order valence-electron chi connectivity index (χ0n) is 7.73. The average molecular weight is 229 g/mol. The zero-order chi connectivity index (χ0) is 9.97. The first-order valence-electron chi connectivity index (χ1n) is 4.29. The second-order valence-electron chi connectivity index (χ2n) is 2.98. The van der Waals surface area contributed by atoms with Gasteiger partial charge in [0.1, 0.15) is 6.73 Å². The zero-order valence-corrected chi connectivity index (χ0v) is 9.36. The van der Waals surface area contributed by atoms with E-state index in [1.165, 1.54) is 0 Å². The fraction of sp³-hybridized carbons (Fsp3) is 0.444. The van der Waals surface area contributed by atoms with E-state index in [2.05, 4.69) is 16.8 Å². The third kappa shape index (κ3) is 1.99. The summed E-state index contributed by atoms with van der Waals surface area (Å²) in [6, 6.07) is 0. The molecule has 1 amide bonds. The van der Waals surface area contributed by atoms with Gasteiger partial charge in [0.25, 0.3) is 5.91 Å². The van der Waals surface area contributed by atoms with Crippen LogP contribution in [0.5, 0.6) is 0 Å². The molecule has 0 aliphatic carbocycles. The van der Waals surface area contributed by atoms with E-state index in [4.69, 9.17) is 4.74 Å². The van der Waals surface area contributed by atoms with E-state index in [9.17, 15) is 4.79 Å². The summed E-state index contributed by atoms with van der Waals surface area (Å²) in [6.07, 6.45) is 4.18. The monoisotopic (exact) mass is 229 g/mol. The molecule has 0 saturated heterocycles. The van der Waals surface area contributed by atoms with Gasteiger partial charge in [0.15, 0.2) is 0 Å². The number of hydrogen-bond acceptors (Lipinski definition) is 4. The van der Waals surface area contributed by atoms with Gasteiger partial charge in [-0.3, -0.25) is 4.79 Å². The first kappa shape index (κ1) is 10.1. The molecule has 0 aromatic rings. The molecule has 14 heavy (non-hydrogen) atoms. The Labute approximate surface area is 91.3 Å². The number of nitrogens with one attached hydrogen (secondary N) is 1. The SMILES string of the molecule is COCNC(=O)C1=CC2SC=CC2S1. The summed E-state index contributed by atoms with van der Waals surface area (Å²) < 4.78 is 4.78. The van der Waals surface area contributed by atoms with Gasteiger partial charge in [-0.1, -0.05) is 12.2 Å². The smallest absolute Gasteiger partial charge is 0.259 e. The normalized spacial score (nSPS) is 28.8. The van der Waals surface area contributed by atoms with Crippen molar-refractivity contribution >= 4 is 29.4 Å². The molecule has 5 heteroatoms. The molecule has 76 valence electrons. The van der Waals surface area contributed by atoms with Crippen molar-refractivity contribution in [3.8, 4) is 0 Å². The third-order valence-electron chi connectivity index (χ3n) is 2.01. The summed E-state index contributed by atoms with van der Waals surface area (Å²) in [4.78, 5) is 12.3. The van der Waals surface area contributed by atoms with Crippen molar-refractivity contribution in [1.29, 1.82) is 0 Å². The van der Waals surface area contributed by atoms with Crippen molar-refractivity contribution in [2.75, 3.05) is 13.8 Å². The highest BCUT2D eigenvalue weighted by molar-refractivity contribution is 8.09. The summed E-state index contributed by atoms with van der Waals surface area (Å²) in [5, 5.41) is 5.67. The van der Waals surface area contributed by atoms with Crippen molar-refractivity contribution in [2.24, 2.45) is 0 Å². The predicted molar refractivity (Wildman–Crippen MR) is 60.0 cm³/mol. The molecule has 0 saturated carbocycles. The number of methoxy groups -OCH3 is 1. The van der Waals surface area contributed by atoms with Crippen LogP contribution in [-0.2, 0) is 9.53 Å². The Morgan fingerprint density at radius 1 is 1.64 bits per heavy atom. The van der Waals surface area contributed by atoms with E-state index in [0.717, 1.165) is 4.91 Å². The Kier molecular flexibility index (Phi) is 3.20. The molecule has 2 heterocycles. The number of ether oxygens (including phenoxy) is 1. The van der Waals surface area contributed by atoms with Crippen LogP contribution < -0.4 is 5.32 Å². The lowest BCUT2D eigenvalue weighted by atomic mass is 10.3.